The van der Waals surface area contributed by atoms with Crippen molar-refractivity contribution in [3.63, 3.8) is 0 Å². The summed E-state index contributed by atoms with van der Waals surface area (Å²) in [7, 11) is 0. The maximum absolute atomic E-state index is 12.1. The lowest BCUT2D eigenvalue weighted by Gasteiger charge is -2.22. The van der Waals surface area contributed by atoms with Gasteiger partial charge in [0.2, 0.25) is 0 Å². The van der Waals surface area contributed by atoms with Crippen LogP contribution >= 0.6 is 0 Å². The van der Waals surface area contributed by atoms with Crippen molar-refractivity contribution in [3.8, 4) is 5.75 Å². The third-order valence-corrected chi connectivity index (χ3v) is 4.81. The molecule has 0 aliphatic rings. The number of hydrogen-bond acceptors (Lipinski definition) is 6. The van der Waals surface area contributed by atoms with Gasteiger partial charge in [0.05, 0.1) is 11.1 Å². The molecular weight excluding hydrogens is 396 g/mol. The zero-order valence-corrected chi connectivity index (χ0v) is 18.7. The Morgan fingerprint density at radius 2 is 1.81 bits per heavy atom. The van der Waals surface area contributed by atoms with Crippen molar-refractivity contribution in [3.05, 3.63) is 63.7 Å². The molecule has 0 aliphatic heterocycles. The van der Waals surface area contributed by atoms with Gasteiger partial charge in [-0.05, 0) is 43.0 Å². The number of hydrogen-bond donors (Lipinski definition) is 1. The summed E-state index contributed by atoms with van der Waals surface area (Å²) in [5.74, 6) is 0.167. The maximum atomic E-state index is 12.1. The number of ether oxygens (including phenoxy) is 1. The van der Waals surface area contributed by atoms with E-state index >= 15 is 0 Å². The standard InChI is InChI=1S/C23H30N4O4/c1-6-26(7-2)21-13-10-19(27(29)30)14-17(21)15-24-25-22(28)16-31-20-11-8-18(9-12-20)23(3,4)5/h8-15H,6-7,16H2,1-5H3,(H,25,28)/b24-15+. The summed E-state index contributed by atoms with van der Waals surface area (Å²) >= 11 is 0. The Balaban J connectivity index is 2.01. The average molecular weight is 427 g/mol. The number of nitro benzene ring substituents is 1. The lowest BCUT2D eigenvalue weighted by molar-refractivity contribution is -0.384. The lowest BCUT2D eigenvalue weighted by Crippen LogP contribution is -2.25. The van der Waals surface area contributed by atoms with Gasteiger partial charge in [-0.15, -0.1) is 0 Å². The summed E-state index contributed by atoms with van der Waals surface area (Å²) in [6, 6.07) is 12.2. The first kappa shape index (κ1) is 23.9. The van der Waals surface area contributed by atoms with Crippen LogP contribution in [0, 0.1) is 10.1 Å². The van der Waals surface area contributed by atoms with Gasteiger partial charge in [0.15, 0.2) is 6.61 Å². The minimum Gasteiger partial charge on any atom is -0.484 e. The highest BCUT2D eigenvalue weighted by Crippen LogP contribution is 2.25. The largest absolute Gasteiger partial charge is 0.484 e. The lowest BCUT2D eigenvalue weighted by atomic mass is 9.87. The van der Waals surface area contributed by atoms with E-state index in [0.717, 1.165) is 18.8 Å². The zero-order valence-electron chi connectivity index (χ0n) is 18.7. The van der Waals surface area contributed by atoms with Crippen LogP contribution in [0.2, 0.25) is 0 Å². The second-order valence-electron chi connectivity index (χ2n) is 8.03. The van der Waals surface area contributed by atoms with Crippen molar-refractivity contribution < 1.29 is 14.5 Å². The molecule has 8 heteroatoms. The van der Waals surface area contributed by atoms with Crippen molar-refractivity contribution >= 4 is 23.5 Å². The van der Waals surface area contributed by atoms with E-state index in [2.05, 4.69) is 36.2 Å². The highest BCUT2D eigenvalue weighted by Gasteiger charge is 2.14. The predicted octanol–water partition coefficient (Wildman–Crippen LogP) is 4.27. The van der Waals surface area contributed by atoms with Crippen LogP contribution in [0.15, 0.2) is 47.6 Å². The third kappa shape index (κ3) is 6.80. The molecule has 31 heavy (non-hydrogen) atoms. The van der Waals surface area contributed by atoms with Crippen LogP contribution in [0.3, 0.4) is 0 Å². The molecule has 166 valence electrons. The Bertz CT molecular complexity index is 930. The van der Waals surface area contributed by atoms with E-state index in [9.17, 15) is 14.9 Å². The van der Waals surface area contributed by atoms with Crippen LogP contribution in [-0.4, -0.2) is 36.7 Å². The normalized spacial score (nSPS) is 11.4. The molecule has 0 radical (unpaired) electrons. The summed E-state index contributed by atoms with van der Waals surface area (Å²) < 4.78 is 5.50. The topological polar surface area (TPSA) is 97.1 Å². The van der Waals surface area contributed by atoms with E-state index in [1.54, 1.807) is 6.07 Å². The van der Waals surface area contributed by atoms with Crippen molar-refractivity contribution in [1.29, 1.82) is 0 Å². The quantitative estimate of drug-likeness (QED) is 0.367. The summed E-state index contributed by atoms with van der Waals surface area (Å²) in [6.45, 7) is 11.7. The fourth-order valence-electron chi connectivity index (χ4n) is 3.02. The Kier molecular flexibility index (Phi) is 8.13. The first-order valence-corrected chi connectivity index (χ1v) is 10.2. The van der Waals surface area contributed by atoms with Crippen LogP contribution in [0.25, 0.3) is 0 Å². The highest BCUT2D eigenvalue weighted by molar-refractivity contribution is 5.90. The minimum absolute atomic E-state index is 0.0364. The molecule has 0 aromatic heterocycles. The smallest absolute Gasteiger partial charge is 0.277 e. The molecule has 0 aliphatic carbocycles. The Morgan fingerprint density at radius 1 is 1.16 bits per heavy atom. The van der Waals surface area contributed by atoms with Crippen molar-refractivity contribution in [2.75, 3.05) is 24.6 Å². The summed E-state index contributed by atoms with van der Waals surface area (Å²) in [6.07, 6.45) is 1.41. The number of carbonyl (C=O) groups is 1. The number of hydrazone groups is 1. The van der Waals surface area contributed by atoms with E-state index in [0.29, 0.717) is 11.3 Å². The van der Waals surface area contributed by atoms with Gasteiger partial charge < -0.3 is 9.64 Å². The summed E-state index contributed by atoms with van der Waals surface area (Å²) in [4.78, 5) is 24.8. The number of rotatable bonds is 9. The van der Waals surface area contributed by atoms with Gasteiger partial charge in [-0.2, -0.15) is 5.10 Å². The van der Waals surface area contributed by atoms with E-state index < -0.39 is 10.8 Å². The highest BCUT2D eigenvalue weighted by atomic mass is 16.6. The van der Waals surface area contributed by atoms with Crippen LogP contribution < -0.4 is 15.1 Å². The van der Waals surface area contributed by atoms with Crippen LogP contribution in [-0.2, 0) is 10.2 Å². The number of amides is 1. The number of nitrogens with zero attached hydrogens (tertiary/aromatic N) is 3. The van der Waals surface area contributed by atoms with Crippen LogP contribution in [0.4, 0.5) is 11.4 Å². The van der Waals surface area contributed by atoms with E-state index in [1.807, 2.05) is 38.1 Å². The van der Waals surface area contributed by atoms with Gasteiger partial charge >= 0.3 is 0 Å². The van der Waals surface area contributed by atoms with E-state index in [1.165, 1.54) is 23.9 Å². The molecule has 0 heterocycles. The second kappa shape index (κ2) is 10.6. The van der Waals surface area contributed by atoms with Crippen molar-refractivity contribution in [2.24, 2.45) is 5.10 Å². The van der Waals surface area contributed by atoms with E-state index in [4.69, 9.17) is 4.74 Å². The molecule has 2 aromatic rings. The molecule has 0 saturated carbocycles. The predicted molar refractivity (Wildman–Crippen MR) is 123 cm³/mol. The number of carbonyl (C=O) groups excluding carboxylic acids is 1. The van der Waals surface area contributed by atoms with Crippen molar-refractivity contribution in [2.45, 2.75) is 40.0 Å². The fraction of sp³-hybridized carbons (Fsp3) is 0.391. The summed E-state index contributed by atoms with van der Waals surface area (Å²) in [5.41, 5.74) is 4.95. The van der Waals surface area contributed by atoms with Gasteiger partial charge in [-0.3, -0.25) is 14.9 Å². The molecule has 0 atom stereocenters. The second-order valence-corrected chi connectivity index (χ2v) is 8.03. The maximum Gasteiger partial charge on any atom is 0.277 e. The van der Waals surface area contributed by atoms with E-state index in [-0.39, 0.29) is 17.7 Å². The van der Waals surface area contributed by atoms with Gasteiger partial charge in [0, 0.05) is 36.5 Å². The Morgan fingerprint density at radius 3 is 2.35 bits per heavy atom. The number of nitrogens with one attached hydrogen (secondary N) is 1. The number of nitro groups is 1. The molecule has 0 spiro atoms. The zero-order chi connectivity index (χ0) is 23.0. The first-order valence-electron chi connectivity index (χ1n) is 10.2. The first-order chi connectivity index (χ1) is 14.7. The molecule has 0 saturated heterocycles. The van der Waals surface area contributed by atoms with Gasteiger partial charge in [-0.25, -0.2) is 5.43 Å². The van der Waals surface area contributed by atoms with Crippen molar-refractivity contribution in [1.82, 2.24) is 5.43 Å². The van der Waals surface area contributed by atoms with Crippen LogP contribution in [0.5, 0.6) is 5.75 Å². The fourth-order valence-corrected chi connectivity index (χ4v) is 3.02. The SMILES string of the molecule is CCN(CC)c1ccc([N+](=O)[O-])cc1/C=N/NC(=O)COc1ccc(C(C)(C)C)cc1. The number of anilines is 1. The monoisotopic (exact) mass is 426 g/mol. The molecule has 2 rings (SSSR count). The molecule has 0 fully saturated rings. The molecule has 1 N–H and O–H groups in total. The molecular formula is C23H30N4O4. The van der Waals surface area contributed by atoms with Crippen LogP contribution in [0.1, 0.15) is 45.7 Å². The summed E-state index contributed by atoms with van der Waals surface area (Å²) in [5, 5.41) is 15.1. The molecule has 8 nitrogen and oxygen atoms in total. The van der Waals surface area contributed by atoms with Gasteiger partial charge in [0.1, 0.15) is 5.75 Å². The molecule has 1 amide bonds. The number of benzene rings is 2. The molecule has 0 unspecified atom stereocenters. The van der Waals surface area contributed by atoms with Gasteiger partial charge in [0.25, 0.3) is 11.6 Å². The average Bonchev–Trinajstić information content (AvgIpc) is 2.73. The van der Waals surface area contributed by atoms with Gasteiger partial charge in [-0.1, -0.05) is 32.9 Å². The molecule has 2 aromatic carbocycles. The Labute approximate surface area is 183 Å². The Hall–Kier alpha value is -3.42. The molecule has 0 bridgehead atoms. The minimum atomic E-state index is -0.458. The number of non-ortho nitro benzene ring substituents is 1. The third-order valence-electron chi connectivity index (χ3n) is 4.81.